The van der Waals surface area contributed by atoms with Gasteiger partial charge in [0.25, 0.3) is 0 Å². The summed E-state index contributed by atoms with van der Waals surface area (Å²) < 4.78 is 16.7. The number of rotatable bonds is 3. The van der Waals surface area contributed by atoms with E-state index in [9.17, 15) is 0 Å². The Morgan fingerprint density at radius 2 is 2.36 bits per heavy atom. The molecule has 3 rings (SSSR count). The highest BCUT2D eigenvalue weighted by molar-refractivity contribution is 6.11. The van der Waals surface area contributed by atoms with Crippen LogP contribution in [0.1, 0.15) is 6.42 Å². The first-order valence-electron chi connectivity index (χ1n) is 5.15. The van der Waals surface area contributed by atoms with Gasteiger partial charge in [0.1, 0.15) is 13.4 Å². The largest absolute Gasteiger partial charge is 0.382 e. The molecule has 3 saturated heterocycles. The average molecular weight is 199 g/mol. The Morgan fingerprint density at radius 1 is 1.57 bits per heavy atom. The van der Waals surface area contributed by atoms with Gasteiger partial charge in [-0.2, -0.15) is 0 Å². The molecule has 4 atom stereocenters. The molecule has 3 aliphatic heterocycles. The molecule has 80 valence electrons. The fourth-order valence-corrected chi connectivity index (χ4v) is 2.61. The van der Waals surface area contributed by atoms with Gasteiger partial charge in [-0.25, -0.2) is 0 Å². The smallest absolute Gasteiger partial charge is 0.141 e. The Morgan fingerprint density at radius 3 is 2.93 bits per heavy atom. The van der Waals surface area contributed by atoms with Gasteiger partial charge in [-0.05, 0) is 6.42 Å². The summed E-state index contributed by atoms with van der Waals surface area (Å²) in [7, 11) is 5.56. The van der Waals surface area contributed by atoms with E-state index in [0.29, 0.717) is 12.6 Å². The second-order valence-corrected chi connectivity index (χ2v) is 4.27. The molecule has 0 saturated carbocycles. The van der Waals surface area contributed by atoms with E-state index in [4.69, 9.17) is 14.2 Å². The van der Waals surface area contributed by atoms with Crippen molar-refractivity contribution in [2.24, 2.45) is 0 Å². The lowest BCUT2D eigenvalue weighted by molar-refractivity contribution is -0.229. The summed E-state index contributed by atoms with van der Waals surface area (Å²) in [6, 6.07) is 0.684. The Labute approximate surface area is 85.7 Å². The van der Waals surface area contributed by atoms with Crippen LogP contribution < -0.4 is 5.32 Å². The van der Waals surface area contributed by atoms with Crippen LogP contribution in [0.25, 0.3) is 0 Å². The maximum Gasteiger partial charge on any atom is 0.141 e. The SMILES string of the molecule is B[C@@H]1O[C@]2(COC)CNC1CC2OC. The van der Waals surface area contributed by atoms with E-state index in [0.717, 1.165) is 13.0 Å². The van der Waals surface area contributed by atoms with Crippen LogP contribution in [-0.4, -0.2) is 59.0 Å². The minimum atomic E-state index is -0.280. The van der Waals surface area contributed by atoms with E-state index >= 15 is 0 Å². The molecule has 3 heterocycles. The van der Waals surface area contributed by atoms with Crippen molar-refractivity contribution >= 4 is 7.85 Å². The second kappa shape index (κ2) is 3.81. The predicted molar refractivity (Wildman–Crippen MR) is 55.2 cm³/mol. The van der Waals surface area contributed by atoms with E-state index in [2.05, 4.69) is 13.2 Å². The third-order valence-electron chi connectivity index (χ3n) is 3.38. The first kappa shape index (κ1) is 10.4. The molecule has 0 amide bonds. The highest BCUT2D eigenvalue weighted by atomic mass is 16.6. The van der Waals surface area contributed by atoms with E-state index in [1.165, 1.54) is 0 Å². The molecule has 0 aromatic rings. The summed E-state index contributed by atoms with van der Waals surface area (Å²) in [5.41, 5.74) is -0.280. The number of hydrogen-bond acceptors (Lipinski definition) is 4. The first-order valence-corrected chi connectivity index (χ1v) is 5.15. The van der Waals surface area contributed by atoms with Crippen molar-refractivity contribution in [2.75, 3.05) is 27.4 Å². The van der Waals surface area contributed by atoms with E-state index in [-0.39, 0.29) is 17.7 Å². The number of morpholine rings is 1. The summed E-state index contributed by atoms with van der Waals surface area (Å²) in [4.78, 5) is 0. The fraction of sp³-hybridized carbons (Fsp3) is 1.00. The normalized spacial score (nSPS) is 46.9. The van der Waals surface area contributed by atoms with Gasteiger partial charge in [-0.15, -0.1) is 0 Å². The number of fused-ring (bicyclic) bond motifs is 3. The number of hydrogen-bond donors (Lipinski definition) is 1. The van der Waals surface area contributed by atoms with Crippen molar-refractivity contribution in [1.82, 2.24) is 5.32 Å². The van der Waals surface area contributed by atoms with Gasteiger partial charge in [0, 0.05) is 32.8 Å². The third-order valence-corrected chi connectivity index (χ3v) is 3.38. The highest BCUT2D eigenvalue weighted by Gasteiger charge is 2.52. The maximum absolute atomic E-state index is 6.00. The standard InChI is InChI=1S/C9H18BNO3/c1-12-5-9-4-11-6(8(10)14-9)3-7(9)13-2/h6-8,11H,3-5,10H2,1-2H3/t6?,7?,8-,9+/m1/s1. The third kappa shape index (κ3) is 1.48. The minimum Gasteiger partial charge on any atom is -0.382 e. The second-order valence-electron chi connectivity index (χ2n) is 4.27. The number of nitrogens with one attached hydrogen (secondary N) is 1. The summed E-state index contributed by atoms with van der Waals surface area (Å²) in [5, 5.41) is 3.47. The lowest BCUT2D eigenvalue weighted by Gasteiger charge is -2.54. The van der Waals surface area contributed by atoms with E-state index in [1.807, 2.05) is 0 Å². The predicted octanol–water partition coefficient (Wildman–Crippen LogP) is -1.26. The molecule has 0 aliphatic carbocycles. The van der Waals surface area contributed by atoms with Crippen LogP contribution in [0.2, 0.25) is 0 Å². The zero-order valence-electron chi connectivity index (χ0n) is 9.08. The minimum absolute atomic E-state index is 0.157. The molecule has 5 heteroatoms. The Kier molecular flexibility index (Phi) is 2.84. The highest BCUT2D eigenvalue weighted by Crippen LogP contribution is 2.34. The molecule has 0 aromatic heterocycles. The van der Waals surface area contributed by atoms with Crippen LogP contribution in [0.15, 0.2) is 0 Å². The zero-order valence-corrected chi connectivity index (χ0v) is 9.08. The molecule has 1 N–H and O–H groups in total. The van der Waals surface area contributed by atoms with Gasteiger partial charge in [0.2, 0.25) is 0 Å². The molecule has 0 aromatic carbocycles. The summed E-state index contributed by atoms with van der Waals surface area (Å²) in [5.74, 6) is 0. The molecule has 3 fully saturated rings. The van der Waals surface area contributed by atoms with E-state index in [1.54, 1.807) is 14.2 Å². The van der Waals surface area contributed by atoms with Gasteiger partial charge >= 0.3 is 0 Å². The zero-order chi connectivity index (χ0) is 10.2. The number of ether oxygens (including phenoxy) is 3. The van der Waals surface area contributed by atoms with Crippen LogP contribution in [-0.2, 0) is 14.2 Å². The van der Waals surface area contributed by atoms with Crippen molar-refractivity contribution in [1.29, 1.82) is 0 Å². The molecule has 2 unspecified atom stereocenters. The van der Waals surface area contributed by atoms with Gasteiger partial charge in [-0.1, -0.05) is 0 Å². The van der Waals surface area contributed by atoms with Crippen LogP contribution in [0, 0.1) is 0 Å². The fourth-order valence-electron chi connectivity index (χ4n) is 2.61. The molecule has 3 aliphatic rings. The lowest BCUT2D eigenvalue weighted by Crippen LogP contribution is -2.72. The van der Waals surface area contributed by atoms with Crippen molar-refractivity contribution in [3.05, 3.63) is 0 Å². The summed E-state index contributed by atoms with van der Waals surface area (Å²) >= 11 is 0. The van der Waals surface area contributed by atoms with E-state index < -0.39 is 0 Å². The molecule has 4 nitrogen and oxygen atoms in total. The molecular formula is C9H18BNO3. The van der Waals surface area contributed by atoms with Gasteiger partial charge in [0.15, 0.2) is 0 Å². The summed E-state index contributed by atoms with van der Waals surface area (Å²) in [6.45, 7) is 1.42. The van der Waals surface area contributed by atoms with Crippen LogP contribution >= 0.6 is 0 Å². The number of piperidine rings is 1. The lowest BCUT2D eigenvalue weighted by atomic mass is 9.76. The first-order chi connectivity index (χ1) is 6.72. The molecule has 14 heavy (non-hydrogen) atoms. The van der Waals surface area contributed by atoms with Crippen LogP contribution in [0.5, 0.6) is 0 Å². The van der Waals surface area contributed by atoms with Crippen molar-refractivity contribution in [3.63, 3.8) is 0 Å². The summed E-state index contributed by atoms with van der Waals surface area (Å²) in [6.07, 6.45) is 1.17. The molecule has 0 radical (unpaired) electrons. The topological polar surface area (TPSA) is 39.7 Å². The Balaban J connectivity index is 2.15. The Bertz CT molecular complexity index is 212. The monoisotopic (exact) mass is 199 g/mol. The van der Waals surface area contributed by atoms with Gasteiger partial charge in [0.05, 0.1) is 12.7 Å². The quantitative estimate of drug-likeness (QED) is 0.576. The van der Waals surface area contributed by atoms with Crippen molar-refractivity contribution in [2.45, 2.75) is 30.2 Å². The molecule has 2 bridgehead atoms. The molecular weight excluding hydrogens is 181 g/mol. The van der Waals surface area contributed by atoms with Crippen molar-refractivity contribution in [3.8, 4) is 0 Å². The number of methoxy groups -OCH3 is 2. The van der Waals surface area contributed by atoms with Crippen molar-refractivity contribution < 1.29 is 14.2 Å². The van der Waals surface area contributed by atoms with Gasteiger partial charge < -0.3 is 19.5 Å². The maximum atomic E-state index is 6.00. The van der Waals surface area contributed by atoms with Crippen LogP contribution in [0.4, 0.5) is 0 Å². The van der Waals surface area contributed by atoms with Gasteiger partial charge in [-0.3, -0.25) is 0 Å². The molecule has 0 spiro atoms. The average Bonchev–Trinajstić information content (AvgIpc) is 2.18. The Hall–Kier alpha value is -0.0951. The van der Waals surface area contributed by atoms with Crippen LogP contribution in [0.3, 0.4) is 0 Å².